The first-order chi connectivity index (χ1) is 14.5. The van der Waals surface area contributed by atoms with Crippen molar-refractivity contribution in [2.75, 3.05) is 25.0 Å². The molecule has 0 aromatic rings. The van der Waals surface area contributed by atoms with Crippen LogP contribution in [0.1, 0.15) is 27.7 Å². The molecule has 0 saturated carbocycles. The first-order valence-electron chi connectivity index (χ1n) is 8.66. The first kappa shape index (κ1) is 35.3. The van der Waals surface area contributed by atoms with E-state index in [-0.39, 0.29) is 28.6 Å². The molecule has 0 aromatic carbocycles. The van der Waals surface area contributed by atoms with E-state index in [1.165, 1.54) is 13.8 Å². The number of cyclic esters (lactones) is 2. The molecule has 0 amide bonds. The minimum Gasteiger partial charge on any atom is -0.875 e. The van der Waals surface area contributed by atoms with E-state index in [0.29, 0.717) is 0 Å². The number of ether oxygens (including phenoxy) is 2. The van der Waals surface area contributed by atoms with Crippen molar-refractivity contribution in [2.45, 2.75) is 27.7 Å². The zero-order chi connectivity index (χ0) is 25.8. The van der Waals surface area contributed by atoms with E-state index in [4.69, 9.17) is 0 Å². The Morgan fingerprint density at radius 2 is 0.909 bits per heavy atom. The molecule has 2 rings (SSSR count). The molecule has 0 aliphatic carbocycles. The molecule has 0 bridgehead atoms. The summed E-state index contributed by atoms with van der Waals surface area (Å²) in [7, 11) is -1.22. The van der Waals surface area contributed by atoms with Crippen molar-refractivity contribution in [3.8, 4) is 0 Å². The van der Waals surface area contributed by atoms with Gasteiger partial charge in [0, 0.05) is 58.8 Å². The summed E-state index contributed by atoms with van der Waals surface area (Å²) >= 11 is 0. The first-order valence-corrected chi connectivity index (χ1v) is 12.6. The van der Waals surface area contributed by atoms with Crippen LogP contribution in [-0.2, 0) is 67.3 Å². The number of hydrogen-bond acceptors (Lipinski definition) is 10. The van der Waals surface area contributed by atoms with Gasteiger partial charge in [-0.1, -0.05) is 13.8 Å². The Hall–Kier alpha value is -2.34. The van der Waals surface area contributed by atoms with E-state index >= 15 is 0 Å². The number of carbonyl (C=O) groups excluding carboxylic acids is 4. The maximum atomic E-state index is 11.0. The fraction of sp³-hybridized carbons (Fsp3) is 0.400. The van der Waals surface area contributed by atoms with E-state index in [1.54, 1.807) is 25.0 Å². The summed E-state index contributed by atoms with van der Waals surface area (Å²) < 4.78 is 28.3. The van der Waals surface area contributed by atoms with Gasteiger partial charge < -0.3 is 19.7 Å². The van der Waals surface area contributed by atoms with Gasteiger partial charge in [-0.15, -0.1) is 11.5 Å². The third-order valence-corrected chi connectivity index (χ3v) is 2.78. The Bertz CT molecular complexity index is 850. The van der Waals surface area contributed by atoms with Crippen LogP contribution in [0.5, 0.6) is 0 Å². The van der Waals surface area contributed by atoms with Gasteiger partial charge in [-0.25, -0.2) is 9.59 Å². The fourth-order valence-electron chi connectivity index (χ4n) is 1.80. The SMILES string of the molecule is CC1=CC(=O)/C(=C(/C)[O-])C(=O)O1.CC1=CC(=O)/C(=C(/C)[O-])C(=O)O1.CS(C)=O.CS(C)=O.[Cu+2]. The number of carbonyl (C=O) groups is 4. The zero-order valence-electron chi connectivity index (χ0n) is 19.4. The Morgan fingerprint density at radius 1 is 0.697 bits per heavy atom. The number of rotatable bonds is 0. The summed E-state index contributed by atoms with van der Waals surface area (Å²) in [6, 6.07) is 0. The van der Waals surface area contributed by atoms with Gasteiger partial charge in [0.1, 0.15) is 11.5 Å². The summed E-state index contributed by atoms with van der Waals surface area (Å²) in [5.74, 6) is -3.54. The molecule has 13 heteroatoms. The van der Waals surface area contributed by atoms with Gasteiger partial charge in [0.25, 0.3) is 0 Å². The van der Waals surface area contributed by atoms with Crippen LogP contribution in [0.15, 0.2) is 46.3 Å². The van der Waals surface area contributed by atoms with Crippen LogP contribution >= 0.6 is 0 Å². The second kappa shape index (κ2) is 17.2. The average Bonchev–Trinajstić information content (AvgIpc) is 2.51. The van der Waals surface area contributed by atoms with E-state index in [1.807, 2.05) is 0 Å². The van der Waals surface area contributed by atoms with Gasteiger partial charge in [0.05, 0.1) is 11.1 Å². The molecule has 0 spiro atoms. The van der Waals surface area contributed by atoms with Crippen LogP contribution in [0, 0.1) is 0 Å². The van der Waals surface area contributed by atoms with Crippen LogP contribution in [0.2, 0.25) is 0 Å². The molecular formula is C20H26CuO10S2. The van der Waals surface area contributed by atoms with Crippen molar-refractivity contribution >= 4 is 45.1 Å². The van der Waals surface area contributed by atoms with Crippen molar-refractivity contribution in [1.29, 1.82) is 0 Å². The maximum absolute atomic E-state index is 11.0. The van der Waals surface area contributed by atoms with Crippen LogP contribution in [0.4, 0.5) is 0 Å². The minimum atomic E-state index is -0.854. The number of esters is 2. The summed E-state index contributed by atoms with van der Waals surface area (Å²) in [4.78, 5) is 43.9. The normalized spacial score (nSPS) is 17.9. The quantitative estimate of drug-likeness (QED) is 0.123. The minimum absolute atomic E-state index is 0. The molecule has 10 nitrogen and oxygen atoms in total. The summed E-state index contributed by atoms with van der Waals surface area (Å²) in [6.07, 6.45) is 8.80. The predicted octanol–water partition coefficient (Wildman–Crippen LogP) is -0.712. The van der Waals surface area contributed by atoms with E-state index < -0.39 is 67.8 Å². The predicted molar refractivity (Wildman–Crippen MR) is 115 cm³/mol. The van der Waals surface area contributed by atoms with Crippen molar-refractivity contribution in [1.82, 2.24) is 0 Å². The van der Waals surface area contributed by atoms with Crippen molar-refractivity contribution in [2.24, 2.45) is 0 Å². The molecule has 2 aliphatic heterocycles. The Balaban J connectivity index is -0.000000405. The molecule has 0 atom stereocenters. The molecule has 1 radical (unpaired) electrons. The molecule has 2 heterocycles. The summed E-state index contributed by atoms with van der Waals surface area (Å²) in [6.45, 7) is 5.27. The van der Waals surface area contributed by atoms with Crippen LogP contribution < -0.4 is 10.2 Å². The average molecular weight is 554 g/mol. The van der Waals surface area contributed by atoms with Gasteiger partial charge >= 0.3 is 29.0 Å². The van der Waals surface area contributed by atoms with Gasteiger partial charge in [0.2, 0.25) is 0 Å². The Morgan fingerprint density at radius 3 is 1.06 bits per heavy atom. The van der Waals surface area contributed by atoms with Gasteiger partial charge in [-0.2, -0.15) is 0 Å². The molecular weight excluding hydrogens is 528 g/mol. The van der Waals surface area contributed by atoms with Crippen LogP contribution in [0.25, 0.3) is 0 Å². The zero-order valence-corrected chi connectivity index (χ0v) is 21.9. The molecule has 2 aliphatic rings. The van der Waals surface area contributed by atoms with Gasteiger partial charge in [-0.05, 0) is 13.8 Å². The van der Waals surface area contributed by atoms with Crippen molar-refractivity contribution in [3.63, 3.8) is 0 Å². The van der Waals surface area contributed by atoms with Gasteiger partial charge in [-0.3, -0.25) is 18.0 Å². The van der Waals surface area contributed by atoms with E-state index in [2.05, 4.69) is 9.47 Å². The van der Waals surface area contributed by atoms with Crippen molar-refractivity contribution in [3.05, 3.63) is 46.3 Å². The number of allylic oxidation sites excluding steroid dienone is 6. The molecule has 0 aromatic heterocycles. The van der Waals surface area contributed by atoms with E-state index in [9.17, 15) is 37.8 Å². The van der Waals surface area contributed by atoms with Crippen LogP contribution in [-0.4, -0.2) is 56.9 Å². The maximum Gasteiger partial charge on any atom is 2.00 e. The van der Waals surface area contributed by atoms with E-state index in [0.717, 1.165) is 26.0 Å². The fourth-order valence-corrected chi connectivity index (χ4v) is 1.80. The summed E-state index contributed by atoms with van der Waals surface area (Å²) in [5, 5.41) is 21.5. The smallest absolute Gasteiger partial charge is 0.875 e. The second-order valence-corrected chi connectivity index (χ2v) is 9.33. The molecule has 33 heavy (non-hydrogen) atoms. The van der Waals surface area contributed by atoms with Gasteiger partial charge in [0.15, 0.2) is 11.6 Å². The van der Waals surface area contributed by atoms with Crippen molar-refractivity contribution < 1.29 is 64.4 Å². The molecule has 0 saturated heterocycles. The third-order valence-electron chi connectivity index (χ3n) is 2.78. The molecule has 189 valence electrons. The number of hydrogen-bond donors (Lipinski definition) is 0. The standard InChI is InChI=1S/2C8H8O4.2C2H6OS.Cu/c2*1-4-3-6(10)7(5(2)9)8(11)12-4;2*1-4(2)3;/h2*3,9H,1-2H3;2*1-2H3;/q;;;;+2/p-2/b2*7-5+;;;. The van der Waals surface area contributed by atoms with Crippen LogP contribution in [0.3, 0.4) is 0 Å². The third kappa shape index (κ3) is 16.0. The Kier molecular flexibility index (Phi) is 18.4. The Labute approximate surface area is 208 Å². The number of ketones is 2. The largest absolute Gasteiger partial charge is 2.00 e. The summed E-state index contributed by atoms with van der Waals surface area (Å²) in [5.41, 5.74) is -0.804. The second-order valence-electron chi connectivity index (χ2n) is 6.36. The monoisotopic (exact) mass is 553 g/mol. The topological polar surface area (TPSA) is 167 Å². The molecule has 0 N–H and O–H groups in total. The molecule has 0 fully saturated rings. The molecule has 0 unspecified atom stereocenters.